The van der Waals surface area contributed by atoms with Crippen LogP contribution in [0.3, 0.4) is 0 Å². The van der Waals surface area contributed by atoms with Crippen molar-refractivity contribution in [2.45, 2.75) is 37.5 Å². The fraction of sp³-hybridized carbons (Fsp3) is 0.467. The van der Waals surface area contributed by atoms with Crippen molar-refractivity contribution in [2.75, 3.05) is 7.11 Å². The van der Waals surface area contributed by atoms with Gasteiger partial charge in [-0.2, -0.15) is 0 Å². The van der Waals surface area contributed by atoms with Crippen molar-refractivity contribution in [3.05, 3.63) is 29.8 Å². The van der Waals surface area contributed by atoms with Gasteiger partial charge in [-0.05, 0) is 0 Å². The number of hydrogen-bond donors (Lipinski definition) is 1. The van der Waals surface area contributed by atoms with Crippen molar-refractivity contribution in [1.29, 1.82) is 0 Å². The van der Waals surface area contributed by atoms with Gasteiger partial charge in [0.25, 0.3) is 0 Å². The van der Waals surface area contributed by atoms with Gasteiger partial charge < -0.3 is 0 Å². The van der Waals surface area contributed by atoms with Crippen molar-refractivity contribution in [1.82, 2.24) is 0 Å². The van der Waals surface area contributed by atoms with Crippen LogP contribution in [0.15, 0.2) is 24.3 Å². The summed E-state index contributed by atoms with van der Waals surface area (Å²) in [4.78, 5) is 23.8. The van der Waals surface area contributed by atoms with Gasteiger partial charge in [0.05, 0.1) is 0 Å². The predicted molar refractivity (Wildman–Crippen MR) is 81.0 cm³/mol. The third kappa shape index (κ3) is 6.67. The number of ether oxygens (including phenoxy) is 2. The third-order valence-electron chi connectivity index (χ3n) is 2.55. The van der Waals surface area contributed by atoms with Crippen LogP contribution < -0.4 is 0 Å². The monoisotopic (exact) mass is 356 g/mol. The van der Waals surface area contributed by atoms with Crippen LogP contribution in [0.1, 0.15) is 26.3 Å². The van der Waals surface area contributed by atoms with Gasteiger partial charge in [-0.25, -0.2) is 0 Å². The standard InChI is InChI=1S/C15H21AsO5/c1-15(2,3)21-14(19)16-12(13(18)20-4)9-10-5-7-11(17)8-6-10/h5-8,12,16-17H,9H2,1-4H3. The summed E-state index contributed by atoms with van der Waals surface area (Å²) in [6, 6.07) is 6.56. The molecule has 1 aromatic rings. The quantitative estimate of drug-likeness (QED) is 0.647. The molecule has 0 saturated heterocycles. The molecule has 0 saturated carbocycles. The number of benzene rings is 1. The van der Waals surface area contributed by atoms with Crippen LogP contribution in [-0.2, 0) is 20.7 Å². The van der Waals surface area contributed by atoms with Crippen molar-refractivity contribution >= 4 is 26.5 Å². The van der Waals surface area contributed by atoms with E-state index in [-0.39, 0.29) is 10.5 Å². The molecule has 116 valence electrons. The molecule has 0 radical (unpaired) electrons. The van der Waals surface area contributed by atoms with E-state index in [0.717, 1.165) is 5.56 Å². The average Bonchev–Trinajstić information content (AvgIpc) is 2.37. The van der Waals surface area contributed by atoms with Gasteiger partial charge in [0, 0.05) is 0 Å². The van der Waals surface area contributed by atoms with E-state index in [2.05, 4.69) is 0 Å². The van der Waals surface area contributed by atoms with Crippen LogP contribution in [0.5, 0.6) is 5.75 Å². The minimum atomic E-state index is -1.30. The van der Waals surface area contributed by atoms with Gasteiger partial charge in [0.1, 0.15) is 0 Å². The number of phenols is 1. The maximum atomic E-state index is 11.9. The third-order valence-corrected chi connectivity index (χ3v) is 4.92. The molecule has 0 fully saturated rings. The molecule has 5 nitrogen and oxygen atoms in total. The molecular formula is C15H21AsO5. The van der Waals surface area contributed by atoms with Crippen molar-refractivity contribution in [3.63, 3.8) is 0 Å². The molecule has 2 atom stereocenters. The van der Waals surface area contributed by atoms with Crippen molar-refractivity contribution in [3.8, 4) is 5.75 Å². The maximum absolute atomic E-state index is 11.9. The van der Waals surface area contributed by atoms with E-state index in [0.29, 0.717) is 6.42 Å². The topological polar surface area (TPSA) is 72.8 Å². The molecule has 1 N–H and O–H groups in total. The fourth-order valence-electron chi connectivity index (χ4n) is 1.65. The second kappa shape index (κ2) is 7.50. The van der Waals surface area contributed by atoms with E-state index in [1.165, 1.54) is 7.11 Å². The molecule has 0 aromatic heterocycles. The van der Waals surface area contributed by atoms with Crippen LogP contribution >= 0.6 is 0 Å². The first-order chi connectivity index (χ1) is 9.71. The molecule has 1 rings (SSSR count). The number of hydrogen-bond acceptors (Lipinski definition) is 5. The Kier molecular flexibility index (Phi) is 6.28. The van der Waals surface area contributed by atoms with Gasteiger partial charge in [0.2, 0.25) is 0 Å². The number of rotatable bonds is 5. The zero-order valence-corrected chi connectivity index (χ0v) is 14.8. The Bertz CT molecular complexity index is 490. The van der Waals surface area contributed by atoms with E-state index in [1.807, 2.05) is 0 Å². The second-order valence-electron chi connectivity index (χ2n) is 5.59. The predicted octanol–water partition coefficient (Wildman–Crippen LogP) is 2.27. The number of carbonyl (C=O) groups is 2. The van der Waals surface area contributed by atoms with Gasteiger partial charge in [-0.15, -0.1) is 0 Å². The summed E-state index contributed by atoms with van der Waals surface area (Å²) in [5.41, 5.74) is 0.315. The Hall–Kier alpha value is -1.48. The molecule has 0 aliphatic rings. The molecular weight excluding hydrogens is 335 g/mol. The first-order valence-electron chi connectivity index (χ1n) is 6.56. The molecule has 0 aliphatic carbocycles. The normalized spacial score (nSPS) is 13.1. The molecule has 0 bridgehead atoms. The first kappa shape index (κ1) is 17.6. The summed E-state index contributed by atoms with van der Waals surface area (Å²) in [5, 5.41) is 9.26. The Balaban J connectivity index is 2.74. The minimum absolute atomic E-state index is 0.163. The summed E-state index contributed by atoms with van der Waals surface area (Å²) < 4.78 is 9.28. The summed E-state index contributed by atoms with van der Waals surface area (Å²) in [6.07, 6.45) is 0.409. The van der Waals surface area contributed by atoms with Crippen molar-refractivity contribution < 1.29 is 24.2 Å². The van der Waals surface area contributed by atoms with Crippen LogP contribution in [0.2, 0.25) is 4.71 Å². The molecule has 21 heavy (non-hydrogen) atoms. The van der Waals surface area contributed by atoms with Gasteiger partial charge in [-0.1, -0.05) is 0 Å². The Morgan fingerprint density at radius 1 is 1.24 bits per heavy atom. The van der Waals surface area contributed by atoms with Crippen LogP contribution in [0.4, 0.5) is 4.79 Å². The number of methoxy groups -OCH3 is 1. The number of phenolic OH excluding ortho intramolecular Hbond substituents is 1. The summed E-state index contributed by atoms with van der Waals surface area (Å²) in [6.45, 7) is 5.39. The van der Waals surface area contributed by atoms with E-state index in [9.17, 15) is 14.7 Å². The summed E-state index contributed by atoms with van der Waals surface area (Å²) in [5.74, 6) is -0.231. The summed E-state index contributed by atoms with van der Waals surface area (Å²) >= 11 is -1.30. The van der Waals surface area contributed by atoms with E-state index < -0.39 is 32.0 Å². The second-order valence-corrected chi connectivity index (χ2v) is 8.52. The van der Waals surface area contributed by atoms with Crippen LogP contribution in [0.25, 0.3) is 0 Å². The van der Waals surface area contributed by atoms with E-state index in [4.69, 9.17) is 9.47 Å². The van der Waals surface area contributed by atoms with Crippen LogP contribution in [0, 0.1) is 0 Å². The Labute approximate surface area is 131 Å². The average molecular weight is 356 g/mol. The molecule has 0 spiro atoms. The van der Waals surface area contributed by atoms with Gasteiger partial charge in [-0.3, -0.25) is 0 Å². The van der Waals surface area contributed by atoms with Gasteiger partial charge >= 0.3 is 131 Å². The van der Waals surface area contributed by atoms with Crippen molar-refractivity contribution in [2.24, 2.45) is 0 Å². The van der Waals surface area contributed by atoms with Crippen LogP contribution in [-0.4, -0.2) is 44.3 Å². The number of carbonyl (C=O) groups excluding carboxylic acids is 2. The Morgan fingerprint density at radius 2 is 1.81 bits per heavy atom. The molecule has 6 heteroatoms. The number of aromatic hydroxyl groups is 1. The molecule has 1 aromatic carbocycles. The number of esters is 1. The zero-order chi connectivity index (χ0) is 16.0. The first-order valence-corrected chi connectivity index (χ1v) is 8.82. The molecule has 0 heterocycles. The molecule has 0 amide bonds. The Morgan fingerprint density at radius 3 is 2.29 bits per heavy atom. The van der Waals surface area contributed by atoms with Gasteiger partial charge in [0.15, 0.2) is 0 Å². The SMILES string of the molecule is COC(=O)C(Cc1ccc(O)cc1)[AsH]C(=O)OC(C)(C)C. The fourth-order valence-corrected chi connectivity index (χ4v) is 4.22. The molecule has 2 unspecified atom stereocenters. The van der Waals surface area contributed by atoms with E-state index >= 15 is 0 Å². The van der Waals surface area contributed by atoms with E-state index in [1.54, 1.807) is 45.0 Å². The zero-order valence-electron chi connectivity index (χ0n) is 12.7. The molecule has 0 aliphatic heterocycles. The summed E-state index contributed by atoms with van der Waals surface area (Å²) in [7, 11) is 1.31.